The molecule has 0 aliphatic rings. The van der Waals surface area contributed by atoms with E-state index < -0.39 is 41.1 Å². The predicted octanol–water partition coefficient (Wildman–Crippen LogP) is 5.42. The number of anilines is 2. The lowest BCUT2D eigenvalue weighted by molar-refractivity contribution is -0.139. The minimum atomic E-state index is -4.77. The lowest BCUT2D eigenvalue weighted by atomic mass is 10.1. The molecule has 2 amide bonds. The van der Waals surface area contributed by atoms with E-state index in [9.17, 15) is 27.2 Å². The molecule has 0 radical (unpaired) electrons. The molecular weight excluding hydrogens is 472 g/mol. The van der Waals surface area contributed by atoms with Crippen LogP contribution >= 0.6 is 0 Å². The molecule has 0 saturated heterocycles. The zero-order valence-electron chi connectivity index (χ0n) is 18.9. The van der Waals surface area contributed by atoms with Crippen molar-refractivity contribution in [2.75, 3.05) is 17.2 Å². The summed E-state index contributed by atoms with van der Waals surface area (Å²) in [6, 6.07) is 5.04. The Kier molecular flexibility index (Phi) is 7.62. The largest absolute Gasteiger partial charge is 0.488 e. The van der Waals surface area contributed by atoms with E-state index in [0.29, 0.717) is 17.2 Å². The number of pyridine rings is 2. The number of H-pyrrole nitrogens is 1. The fraction of sp³-hybridized carbons (Fsp3) is 0.261. The number of urea groups is 1. The molecule has 0 atom stereocenters. The van der Waals surface area contributed by atoms with Gasteiger partial charge in [-0.3, -0.25) is 4.79 Å². The Hall–Kier alpha value is -4.09. The molecule has 12 heteroatoms. The number of ether oxygens (including phenoxy) is 2. The standard InChI is InChI=1S/C23H22F4N4O4/c1-4-34-19-8-14(10-28-20(19)32)13-5-6-18(17(24)7-13)31-22(33)30-15-9-16(23(25,26)27)21(29-11-15)35-12(2)3/h5-12H,4H2,1-3H3,(H,28,32)(H2,30,31,33). The van der Waals surface area contributed by atoms with Crippen LogP contribution in [0.25, 0.3) is 11.1 Å². The van der Waals surface area contributed by atoms with Crippen LogP contribution in [0.4, 0.5) is 33.7 Å². The molecule has 3 N–H and O–H groups in total. The zero-order chi connectivity index (χ0) is 25.8. The van der Waals surface area contributed by atoms with Crippen LogP contribution in [-0.2, 0) is 6.18 Å². The van der Waals surface area contributed by atoms with Crippen LogP contribution in [0.2, 0.25) is 0 Å². The Bertz CT molecular complexity index is 1280. The Morgan fingerprint density at radius 2 is 1.89 bits per heavy atom. The topological polar surface area (TPSA) is 105 Å². The van der Waals surface area contributed by atoms with Crippen LogP contribution in [0.3, 0.4) is 0 Å². The number of rotatable bonds is 7. The highest BCUT2D eigenvalue weighted by Crippen LogP contribution is 2.37. The molecule has 2 aromatic heterocycles. The van der Waals surface area contributed by atoms with Crippen molar-refractivity contribution >= 4 is 17.4 Å². The van der Waals surface area contributed by atoms with Crippen LogP contribution in [0.1, 0.15) is 26.3 Å². The monoisotopic (exact) mass is 494 g/mol. The summed E-state index contributed by atoms with van der Waals surface area (Å²) in [6.45, 7) is 5.09. The van der Waals surface area contributed by atoms with E-state index in [0.717, 1.165) is 12.3 Å². The molecule has 0 bridgehead atoms. The summed E-state index contributed by atoms with van der Waals surface area (Å²) >= 11 is 0. The van der Waals surface area contributed by atoms with Gasteiger partial charge in [-0.1, -0.05) is 6.07 Å². The van der Waals surface area contributed by atoms with E-state index in [1.165, 1.54) is 24.4 Å². The van der Waals surface area contributed by atoms with Crippen molar-refractivity contribution in [1.82, 2.24) is 9.97 Å². The lowest BCUT2D eigenvalue weighted by Gasteiger charge is -2.16. The molecule has 186 valence electrons. The van der Waals surface area contributed by atoms with E-state index in [1.807, 2.05) is 0 Å². The molecule has 0 unspecified atom stereocenters. The summed E-state index contributed by atoms with van der Waals surface area (Å²) in [4.78, 5) is 30.2. The van der Waals surface area contributed by atoms with Crippen molar-refractivity contribution in [1.29, 1.82) is 0 Å². The van der Waals surface area contributed by atoms with Gasteiger partial charge >= 0.3 is 12.2 Å². The molecule has 8 nitrogen and oxygen atoms in total. The summed E-state index contributed by atoms with van der Waals surface area (Å²) in [5, 5.41) is 4.43. The van der Waals surface area contributed by atoms with Crippen LogP contribution in [0.5, 0.6) is 11.6 Å². The molecule has 0 fully saturated rings. The highest BCUT2D eigenvalue weighted by Gasteiger charge is 2.36. The number of carbonyl (C=O) groups excluding carboxylic acids is 1. The molecule has 0 saturated carbocycles. The quantitative estimate of drug-likeness (QED) is 0.380. The molecule has 3 rings (SSSR count). The lowest BCUT2D eigenvalue weighted by Crippen LogP contribution is -2.21. The van der Waals surface area contributed by atoms with Crippen molar-refractivity contribution in [2.45, 2.75) is 33.1 Å². The minimum absolute atomic E-state index is 0.0728. The number of nitrogens with zero attached hydrogens (tertiary/aromatic N) is 1. The average molecular weight is 494 g/mol. The van der Waals surface area contributed by atoms with Crippen LogP contribution in [-0.4, -0.2) is 28.7 Å². The van der Waals surface area contributed by atoms with Crippen LogP contribution in [0, 0.1) is 5.82 Å². The third kappa shape index (κ3) is 6.49. The van der Waals surface area contributed by atoms with Gasteiger partial charge in [0.1, 0.15) is 11.4 Å². The fourth-order valence-corrected chi connectivity index (χ4v) is 3.01. The zero-order valence-corrected chi connectivity index (χ0v) is 18.9. The van der Waals surface area contributed by atoms with Crippen LogP contribution in [0.15, 0.2) is 47.5 Å². The number of carbonyl (C=O) groups is 1. The van der Waals surface area contributed by atoms with E-state index in [4.69, 9.17) is 9.47 Å². The van der Waals surface area contributed by atoms with E-state index in [2.05, 4.69) is 20.6 Å². The van der Waals surface area contributed by atoms with Crippen LogP contribution < -0.4 is 25.7 Å². The number of benzene rings is 1. The van der Waals surface area contributed by atoms with Gasteiger partial charge in [-0.2, -0.15) is 13.2 Å². The second-order valence-corrected chi connectivity index (χ2v) is 7.53. The SMILES string of the molecule is CCOc1cc(-c2ccc(NC(=O)Nc3cnc(OC(C)C)c(C(F)(F)F)c3)c(F)c2)c[nH]c1=O. The summed E-state index contributed by atoms with van der Waals surface area (Å²) in [5.74, 6) is -1.35. The number of aromatic amines is 1. The highest BCUT2D eigenvalue weighted by atomic mass is 19.4. The van der Waals surface area contributed by atoms with Gasteiger partial charge < -0.3 is 25.1 Å². The number of alkyl halides is 3. The third-order valence-corrected chi connectivity index (χ3v) is 4.48. The van der Waals surface area contributed by atoms with Gasteiger partial charge in [-0.05, 0) is 50.6 Å². The first-order chi connectivity index (χ1) is 16.5. The molecule has 0 aliphatic heterocycles. The molecule has 0 aliphatic carbocycles. The first-order valence-corrected chi connectivity index (χ1v) is 10.4. The molecular formula is C23H22F4N4O4. The molecule has 1 aromatic carbocycles. The Balaban J connectivity index is 1.76. The summed E-state index contributed by atoms with van der Waals surface area (Å²) in [6.07, 6.45) is -2.93. The third-order valence-electron chi connectivity index (χ3n) is 4.48. The number of hydrogen-bond donors (Lipinski definition) is 3. The van der Waals surface area contributed by atoms with Gasteiger partial charge in [0.15, 0.2) is 5.75 Å². The fourth-order valence-electron chi connectivity index (χ4n) is 3.01. The Labute approximate surface area is 197 Å². The van der Waals surface area contributed by atoms with E-state index in [1.54, 1.807) is 20.8 Å². The second-order valence-electron chi connectivity index (χ2n) is 7.53. The Morgan fingerprint density at radius 3 is 2.51 bits per heavy atom. The maximum atomic E-state index is 14.6. The number of halogens is 4. The minimum Gasteiger partial charge on any atom is -0.488 e. The maximum Gasteiger partial charge on any atom is 0.421 e. The maximum absolute atomic E-state index is 14.6. The summed E-state index contributed by atoms with van der Waals surface area (Å²) in [5.41, 5.74) is -1.21. The van der Waals surface area contributed by atoms with Gasteiger partial charge in [0.05, 0.1) is 30.3 Å². The molecule has 3 aromatic rings. The molecule has 35 heavy (non-hydrogen) atoms. The predicted molar refractivity (Wildman–Crippen MR) is 121 cm³/mol. The normalized spacial score (nSPS) is 11.3. The number of hydrogen-bond acceptors (Lipinski definition) is 5. The number of aromatic nitrogens is 2. The van der Waals surface area contributed by atoms with E-state index >= 15 is 0 Å². The Morgan fingerprint density at radius 1 is 1.14 bits per heavy atom. The van der Waals surface area contributed by atoms with E-state index in [-0.39, 0.29) is 23.7 Å². The van der Waals surface area contributed by atoms with Gasteiger partial charge in [-0.25, -0.2) is 14.2 Å². The van der Waals surface area contributed by atoms with Crippen molar-refractivity contribution in [3.63, 3.8) is 0 Å². The first kappa shape index (κ1) is 25.5. The van der Waals surface area contributed by atoms with Gasteiger partial charge in [0.2, 0.25) is 5.88 Å². The highest BCUT2D eigenvalue weighted by molar-refractivity contribution is 6.00. The second kappa shape index (κ2) is 10.5. The smallest absolute Gasteiger partial charge is 0.421 e. The summed E-state index contributed by atoms with van der Waals surface area (Å²) in [7, 11) is 0. The number of nitrogens with one attached hydrogen (secondary N) is 3. The average Bonchev–Trinajstić information content (AvgIpc) is 2.77. The number of amides is 2. The molecule has 0 spiro atoms. The van der Waals surface area contributed by atoms with Gasteiger partial charge in [0.25, 0.3) is 5.56 Å². The van der Waals surface area contributed by atoms with Crippen molar-refractivity contribution in [3.05, 3.63) is 64.5 Å². The van der Waals surface area contributed by atoms with Crippen molar-refractivity contribution < 1.29 is 31.8 Å². The summed E-state index contributed by atoms with van der Waals surface area (Å²) < 4.78 is 65.0. The van der Waals surface area contributed by atoms with Crippen molar-refractivity contribution in [2.24, 2.45) is 0 Å². The van der Waals surface area contributed by atoms with Gasteiger partial charge in [-0.15, -0.1) is 0 Å². The van der Waals surface area contributed by atoms with Crippen molar-refractivity contribution in [3.8, 4) is 22.8 Å². The molecule has 2 heterocycles. The van der Waals surface area contributed by atoms with Gasteiger partial charge in [0, 0.05) is 11.8 Å². The first-order valence-electron chi connectivity index (χ1n) is 10.4.